The minimum absolute atomic E-state index is 0.832. The summed E-state index contributed by atoms with van der Waals surface area (Å²) in [4.78, 5) is 2.61. The van der Waals surface area contributed by atoms with E-state index in [1.807, 2.05) is 0 Å². The third kappa shape index (κ3) is 1.96. The molecule has 0 aromatic rings. The molecule has 0 bridgehead atoms. The Morgan fingerprint density at radius 3 is 2.00 bits per heavy atom. The predicted molar refractivity (Wildman–Crippen MR) is 49.7 cm³/mol. The first-order chi connectivity index (χ1) is 5.29. The van der Waals surface area contributed by atoms with Gasteiger partial charge in [-0.15, -0.1) is 0 Å². The zero-order valence-electron chi connectivity index (χ0n) is 8.14. The highest BCUT2D eigenvalue weighted by atomic mass is 15.2. The van der Waals surface area contributed by atoms with Gasteiger partial charge in [0.2, 0.25) is 0 Å². The van der Waals surface area contributed by atoms with Gasteiger partial charge in [-0.1, -0.05) is 26.7 Å². The molecule has 1 fully saturated rings. The van der Waals surface area contributed by atoms with Gasteiger partial charge in [0.05, 0.1) is 0 Å². The molecule has 1 aliphatic heterocycles. The van der Waals surface area contributed by atoms with Gasteiger partial charge in [-0.05, 0) is 32.4 Å². The molecule has 0 radical (unpaired) electrons. The minimum Gasteiger partial charge on any atom is -0.300 e. The Morgan fingerprint density at radius 1 is 1.18 bits per heavy atom. The highest BCUT2D eigenvalue weighted by Crippen LogP contribution is 2.22. The number of hydrogen-bond acceptors (Lipinski definition) is 1. The topological polar surface area (TPSA) is 3.24 Å². The second-order valence-electron chi connectivity index (χ2n) is 3.71. The lowest BCUT2D eigenvalue weighted by Crippen LogP contribution is -2.46. The maximum atomic E-state index is 2.61. The van der Waals surface area contributed by atoms with Crippen LogP contribution in [0.4, 0.5) is 0 Å². The van der Waals surface area contributed by atoms with Gasteiger partial charge < -0.3 is 4.90 Å². The molecule has 0 aromatic heterocycles. The van der Waals surface area contributed by atoms with Crippen LogP contribution in [-0.2, 0) is 0 Å². The van der Waals surface area contributed by atoms with Gasteiger partial charge in [0.1, 0.15) is 0 Å². The molecule has 1 saturated heterocycles. The van der Waals surface area contributed by atoms with Gasteiger partial charge in [-0.3, -0.25) is 0 Å². The summed E-state index contributed by atoms with van der Waals surface area (Å²) in [6.07, 6.45) is 4.10. The molecular formula is C10H21N. The number of hydrogen-bond donors (Lipinski definition) is 0. The average molecular weight is 155 g/mol. The molecule has 0 N–H and O–H groups in total. The summed E-state index contributed by atoms with van der Waals surface area (Å²) < 4.78 is 0. The fourth-order valence-electron chi connectivity index (χ4n) is 2.02. The van der Waals surface area contributed by atoms with Crippen molar-refractivity contribution in [3.8, 4) is 0 Å². The zero-order valence-corrected chi connectivity index (χ0v) is 8.14. The van der Waals surface area contributed by atoms with Crippen molar-refractivity contribution >= 4 is 0 Å². The lowest BCUT2D eigenvalue weighted by atomic mass is 9.92. The molecular weight excluding hydrogens is 134 g/mol. The molecule has 1 heterocycles. The van der Waals surface area contributed by atoms with Crippen LogP contribution in [0.25, 0.3) is 0 Å². The second kappa shape index (κ2) is 4.10. The first-order valence-corrected chi connectivity index (χ1v) is 5.03. The van der Waals surface area contributed by atoms with E-state index in [-0.39, 0.29) is 0 Å². The standard InChI is InChI=1S/C10H21N/c1-4-10(5-2)9(3)11-7-6-8-11/h9-10H,4-8H2,1-3H3. The molecule has 1 nitrogen and oxygen atoms in total. The summed E-state index contributed by atoms with van der Waals surface area (Å²) >= 11 is 0. The molecule has 0 saturated carbocycles. The average Bonchev–Trinajstić information content (AvgIpc) is 1.86. The summed E-state index contributed by atoms with van der Waals surface area (Å²) in [6, 6.07) is 0.832. The van der Waals surface area contributed by atoms with Gasteiger partial charge in [0, 0.05) is 6.04 Å². The Labute approximate surface area is 70.8 Å². The Morgan fingerprint density at radius 2 is 1.73 bits per heavy atom. The third-order valence-electron chi connectivity index (χ3n) is 3.20. The SMILES string of the molecule is CCC(CC)C(C)N1CCC1. The predicted octanol–water partition coefficient (Wildman–Crippen LogP) is 2.52. The van der Waals surface area contributed by atoms with Crippen molar-refractivity contribution in [2.75, 3.05) is 13.1 Å². The van der Waals surface area contributed by atoms with Gasteiger partial charge in [-0.2, -0.15) is 0 Å². The van der Waals surface area contributed by atoms with Crippen LogP contribution in [0.2, 0.25) is 0 Å². The van der Waals surface area contributed by atoms with Gasteiger partial charge in [0.15, 0.2) is 0 Å². The summed E-state index contributed by atoms with van der Waals surface area (Å²) in [6.45, 7) is 9.70. The lowest BCUT2D eigenvalue weighted by molar-refractivity contribution is 0.0852. The third-order valence-corrected chi connectivity index (χ3v) is 3.20. The molecule has 0 spiro atoms. The molecule has 0 aliphatic carbocycles. The number of likely N-dealkylation sites (tertiary alicyclic amines) is 1. The van der Waals surface area contributed by atoms with Gasteiger partial charge in [-0.25, -0.2) is 0 Å². The normalized spacial score (nSPS) is 21.8. The molecule has 11 heavy (non-hydrogen) atoms. The van der Waals surface area contributed by atoms with Crippen molar-refractivity contribution in [1.29, 1.82) is 0 Å². The molecule has 1 aliphatic rings. The quantitative estimate of drug-likeness (QED) is 0.603. The highest BCUT2D eigenvalue weighted by molar-refractivity contribution is 4.79. The van der Waals surface area contributed by atoms with Crippen LogP contribution in [0.3, 0.4) is 0 Å². The molecule has 0 amide bonds. The van der Waals surface area contributed by atoms with E-state index in [9.17, 15) is 0 Å². The van der Waals surface area contributed by atoms with Crippen molar-refractivity contribution in [3.05, 3.63) is 0 Å². The Kier molecular flexibility index (Phi) is 3.38. The van der Waals surface area contributed by atoms with E-state index in [4.69, 9.17) is 0 Å². The van der Waals surface area contributed by atoms with E-state index in [0.717, 1.165) is 12.0 Å². The first-order valence-electron chi connectivity index (χ1n) is 5.03. The molecule has 1 unspecified atom stereocenters. The van der Waals surface area contributed by atoms with Gasteiger partial charge in [0.25, 0.3) is 0 Å². The zero-order chi connectivity index (χ0) is 8.27. The number of nitrogens with zero attached hydrogens (tertiary/aromatic N) is 1. The number of rotatable bonds is 4. The van der Waals surface area contributed by atoms with E-state index >= 15 is 0 Å². The van der Waals surface area contributed by atoms with Crippen molar-refractivity contribution in [2.45, 2.75) is 46.1 Å². The molecule has 1 heteroatoms. The smallest absolute Gasteiger partial charge is 0.00950 e. The Balaban J connectivity index is 2.30. The van der Waals surface area contributed by atoms with Crippen LogP contribution in [-0.4, -0.2) is 24.0 Å². The Bertz CT molecular complexity index is 103. The first kappa shape index (κ1) is 9.05. The van der Waals surface area contributed by atoms with Crippen LogP contribution >= 0.6 is 0 Å². The van der Waals surface area contributed by atoms with Crippen LogP contribution in [0.15, 0.2) is 0 Å². The lowest BCUT2D eigenvalue weighted by Gasteiger charge is -2.40. The summed E-state index contributed by atoms with van der Waals surface area (Å²) in [5, 5.41) is 0. The van der Waals surface area contributed by atoms with Crippen LogP contribution in [0.5, 0.6) is 0 Å². The Hall–Kier alpha value is -0.0400. The molecule has 1 rings (SSSR count). The largest absolute Gasteiger partial charge is 0.300 e. The summed E-state index contributed by atoms with van der Waals surface area (Å²) in [5.74, 6) is 0.926. The van der Waals surface area contributed by atoms with Gasteiger partial charge >= 0.3 is 0 Å². The summed E-state index contributed by atoms with van der Waals surface area (Å²) in [5.41, 5.74) is 0. The molecule has 1 atom stereocenters. The van der Waals surface area contributed by atoms with Crippen molar-refractivity contribution in [3.63, 3.8) is 0 Å². The summed E-state index contributed by atoms with van der Waals surface area (Å²) in [7, 11) is 0. The van der Waals surface area contributed by atoms with Crippen LogP contribution in [0, 0.1) is 5.92 Å². The van der Waals surface area contributed by atoms with E-state index < -0.39 is 0 Å². The monoisotopic (exact) mass is 155 g/mol. The minimum atomic E-state index is 0.832. The van der Waals surface area contributed by atoms with E-state index in [1.54, 1.807) is 0 Å². The fourth-order valence-corrected chi connectivity index (χ4v) is 2.02. The van der Waals surface area contributed by atoms with Crippen molar-refractivity contribution in [1.82, 2.24) is 4.90 Å². The maximum Gasteiger partial charge on any atom is 0.00950 e. The van der Waals surface area contributed by atoms with Crippen LogP contribution < -0.4 is 0 Å². The van der Waals surface area contributed by atoms with E-state index in [0.29, 0.717) is 0 Å². The maximum absolute atomic E-state index is 2.61. The van der Waals surface area contributed by atoms with Crippen molar-refractivity contribution in [2.24, 2.45) is 5.92 Å². The molecule has 0 aromatic carbocycles. The van der Waals surface area contributed by atoms with E-state index in [2.05, 4.69) is 25.7 Å². The fraction of sp³-hybridized carbons (Fsp3) is 1.00. The van der Waals surface area contributed by atoms with E-state index in [1.165, 1.54) is 32.4 Å². The second-order valence-corrected chi connectivity index (χ2v) is 3.71. The van der Waals surface area contributed by atoms with Crippen molar-refractivity contribution < 1.29 is 0 Å². The molecule has 66 valence electrons. The van der Waals surface area contributed by atoms with Crippen LogP contribution in [0.1, 0.15) is 40.0 Å². The highest BCUT2D eigenvalue weighted by Gasteiger charge is 2.24.